The number of hydrogen-bond acceptors (Lipinski definition) is 6. The van der Waals surface area contributed by atoms with Crippen LogP contribution in [0, 0.1) is 5.92 Å². The van der Waals surface area contributed by atoms with Gasteiger partial charge < -0.3 is 19.9 Å². The van der Waals surface area contributed by atoms with Gasteiger partial charge in [-0.1, -0.05) is 0 Å². The fraction of sp³-hybridized carbons (Fsp3) is 0.737. The molecule has 0 spiro atoms. The van der Waals surface area contributed by atoms with E-state index in [0.29, 0.717) is 12.5 Å². The number of alkyl carbamates (subject to hydrolysis) is 1. The fourth-order valence-electron chi connectivity index (χ4n) is 3.61. The van der Waals surface area contributed by atoms with Crippen molar-refractivity contribution in [2.24, 2.45) is 5.92 Å². The lowest BCUT2D eigenvalue weighted by Gasteiger charge is -2.34. The van der Waals surface area contributed by atoms with Gasteiger partial charge in [-0.05, 0) is 52.4 Å². The average molecular weight is 361 g/mol. The number of nitrogens with zero attached hydrogens (tertiary/aromatic N) is 4. The summed E-state index contributed by atoms with van der Waals surface area (Å²) in [7, 11) is 0. The van der Waals surface area contributed by atoms with Crippen molar-refractivity contribution in [3.63, 3.8) is 0 Å². The Hall–Kier alpha value is -2.05. The Morgan fingerprint density at radius 2 is 1.81 bits per heavy atom. The van der Waals surface area contributed by atoms with Crippen LogP contribution >= 0.6 is 0 Å². The van der Waals surface area contributed by atoms with Crippen molar-refractivity contribution in [3.05, 3.63) is 12.4 Å². The number of nitrogens with one attached hydrogen (secondary N) is 1. The van der Waals surface area contributed by atoms with E-state index in [1.54, 1.807) is 6.33 Å². The summed E-state index contributed by atoms with van der Waals surface area (Å²) in [6.07, 6.45) is 6.02. The molecule has 1 N–H and O–H groups in total. The number of amides is 1. The highest BCUT2D eigenvalue weighted by atomic mass is 16.6. The fourth-order valence-corrected chi connectivity index (χ4v) is 3.61. The quantitative estimate of drug-likeness (QED) is 0.889. The molecule has 1 aromatic heterocycles. The molecule has 0 aromatic carbocycles. The summed E-state index contributed by atoms with van der Waals surface area (Å²) in [6, 6.07) is 2.11. The van der Waals surface area contributed by atoms with E-state index in [0.717, 1.165) is 50.7 Å². The lowest BCUT2D eigenvalue weighted by Crippen LogP contribution is -2.42. The number of ether oxygens (including phenoxy) is 1. The maximum absolute atomic E-state index is 11.9. The van der Waals surface area contributed by atoms with Crippen LogP contribution < -0.4 is 15.1 Å². The summed E-state index contributed by atoms with van der Waals surface area (Å²) < 4.78 is 5.32. The highest BCUT2D eigenvalue weighted by Gasteiger charge is 2.24. The van der Waals surface area contributed by atoms with Gasteiger partial charge in [-0.15, -0.1) is 0 Å². The Morgan fingerprint density at radius 3 is 2.50 bits per heavy atom. The van der Waals surface area contributed by atoms with Gasteiger partial charge in [0.15, 0.2) is 0 Å². The Morgan fingerprint density at radius 1 is 1.15 bits per heavy atom. The third-order valence-corrected chi connectivity index (χ3v) is 4.85. The molecule has 26 heavy (non-hydrogen) atoms. The summed E-state index contributed by atoms with van der Waals surface area (Å²) in [5.74, 6) is 2.42. The van der Waals surface area contributed by atoms with Gasteiger partial charge in [0, 0.05) is 38.8 Å². The van der Waals surface area contributed by atoms with Crippen molar-refractivity contribution in [3.8, 4) is 0 Å². The molecule has 2 aliphatic heterocycles. The smallest absolute Gasteiger partial charge is 0.407 e. The molecule has 0 bridgehead atoms. The first-order chi connectivity index (χ1) is 12.4. The lowest BCUT2D eigenvalue weighted by atomic mass is 9.98. The Kier molecular flexibility index (Phi) is 5.84. The standard InChI is InChI=1S/C19H31N5O2/c1-19(2,3)26-18(25)20-12-15-7-6-10-24(13-15)17-11-16(21-14-22-17)23-8-4-5-9-23/h11,14-15H,4-10,12-13H2,1-3H3,(H,20,25). The molecule has 0 aliphatic carbocycles. The topological polar surface area (TPSA) is 70.6 Å². The van der Waals surface area contributed by atoms with E-state index in [1.807, 2.05) is 20.8 Å². The van der Waals surface area contributed by atoms with Crippen LogP contribution in [0.1, 0.15) is 46.5 Å². The van der Waals surface area contributed by atoms with Gasteiger partial charge in [-0.2, -0.15) is 0 Å². The molecule has 1 aromatic rings. The predicted molar refractivity (Wildman–Crippen MR) is 103 cm³/mol. The van der Waals surface area contributed by atoms with Gasteiger partial charge in [-0.25, -0.2) is 14.8 Å². The number of carbonyl (C=O) groups excluding carboxylic acids is 1. The number of anilines is 2. The van der Waals surface area contributed by atoms with Gasteiger partial charge in [0.05, 0.1) is 0 Å². The van der Waals surface area contributed by atoms with Crippen LogP contribution in [-0.2, 0) is 4.74 Å². The third-order valence-electron chi connectivity index (χ3n) is 4.85. The molecule has 144 valence electrons. The van der Waals surface area contributed by atoms with Crippen molar-refractivity contribution < 1.29 is 9.53 Å². The van der Waals surface area contributed by atoms with Gasteiger partial charge in [-0.3, -0.25) is 0 Å². The van der Waals surface area contributed by atoms with E-state index in [2.05, 4.69) is 31.2 Å². The van der Waals surface area contributed by atoms with Crippen LogP contribution in [0.25, 0.3) is 0 Å². The highest BCUT2D eigenvalue weighted by molar-refractivity contribution is 5.67. The van der Waals surface area contributed by atoms with Gasteiger partial charge in [0.25, 0.3) is 0 Å². The molecule has 2 fully saturated rings. The zero-order valence-electron chi connectivity index (χ0n) is 16.2. The van der Waals surface area contributed by atoms with E-state index in [9.17, 15) is 4.79 Å². The molecular formula is C19H31N5O2. The molecule has 7 nitrogen and oxygen atoms in total. The minimum atomic E-state index is -0.463. The Bertz CT molecular complexity index is 610. The minimum Gasteiger partial charge on any atom is -0.444 e. The van der Waals surface area contributed by atoms with E-state index < -0.39 is 5.60 Å². The third kappa shape index (κ3) is 5.22. The highest BCUT2D eigenvalue weighted by Crippen LogP contribution is 2.25. The van der Waals surface area contributed by atoms with E-state index >= 15 is 0 Å². The first-order valence-corrected chi connectivity index (χ1v) is 9.69. The molecule has 0 saturated carbocycles. The molecule has 7 heteroatoms. The first kappa shape index (κ1) is 18.7. The molecule has 3 rings (SSSR count). The van der Waals surface area contributed by atoms with Crippen molar-refractivity contribution in [2.45, 2.75) is 52.1 Å². The number of hydrogen-bond donors (Lipinski definition) is 1. The maximum atomic E-state index is 11.9. The zero-order chi connectivity index (χ0) is 18.6. The molecule has 3 heterocycles. The Labute approximate surface area is 156 Å². The predicted octanol–water partition coefficient (Wildman–Crippen LogP) is 2.82. The van der Waals surface area contributed by atoms with Crippen LogP contribution in [0.3, 0.4) is 0 Å². The normalized spacial score (nSPS) is 21.0. The van der Waals surface area contributed by atoms with Gasteiger partial charge in [0.1, 0.15) is 23.6 Å². The first-order valence-electron chi connectivity index (χ1n) is 9.69. The van der Waals surface area contributed by atoms with E-state index in [-0.39, 0.29) is 6.09 Å². The van der Waals surface area contributed by atoms with E-state index in [1.165, 1.54) is 12.8 Å². The van der Waals surface area contributed by atoms with Gasteiger partial charge >= 0.3 is 6.09 Å². The minimum absolute atomic E-state index is 0.340. The molecule has 2 saturated heterocycles. The van der Waals surface area contributed by atoms with E-state index in [4.69, 9.17) is 4.74 Å². The van der Waals surface area contributed by atoms with Crippen LogP contribution in [-0.4, -0.2) is 54.4 Å². The van der Waals surface area contributed by atoms with Crippen LogP contribution in [0.5, 0.6) is 0 Å². The molecular weight excluding hydrogens is 330 g/mol. The number of piperidine rings is 1. The molecule has 2 aliphatic rings. The van der Waals surface area contributed by atoms with Crippen molar-refractivity contribution >= 4 is 17.7 Å². The Balaban J connectivity index is 1.55. The zero-order valence-corrected chi connectivity index (χ0v) is 16.2. The van der Waals surface area contributed by atoms with Crippen LogP contribution in [0.2, 0.25) is 0 Å². The van der Waals surface area contributed by atoms with Crippen LogP contribution in [0.15, 0.2) is 12.4 Å². The van der Waals surface area contributed by atoms with Crippen LogP contribution in [0.4, 0.5) is 16.4 Å². The average Bonchev–Trinajstić information content (AvgIpc) is 3.14. The second-order valence-corrected chi connectivity index (χ2v) is 8.27. The lowest BCUT2D eigenvalue weighted by molar-refractivity contribution is 0.0517. The number of aromatic nitrogens is 2. The van der Waals surface area contributed by atoms with Crippen molar-refractivity contribution in [2.75, 3.05) is 42.5 Å². The van der Waals surface area contributed by atoms with Gasteiger partial charge in [0.2, 0.25) is 0 Å². The summed E-state index contributed by atoms with van der Waals surface area (Å²) in [6.45, 7) is 10.3. The summed E-state index contributed by atoms with van der Waals surface area (Å²) >= 11 is 0. The second-order valence-electron chi connectivity index (χ2n) is 8.27. The summed E-state index contributed by atoms with van der Waals surface area (Å²) in [5, 5.41) is 2.91. The van der Waals surface area contributed by atoms with Crippen molar-refractivity contribution in [1.29, 1.82) is 0 Å². The largest absolute Gasteiger partial charge is 0.444 e. The number of rotatable bonds is 4. The monoisotopic (exact) mass is 361 g/mol. The molecule has 0 radical (unpaired) electrons. The second kappa shape index (κ2) is 8.10. The number of carbonyl (C=O) groups is 1. The summed E-state index contributed by atoms with van der Waals surface area (Å²) in [5.41, 5.74) is -0.463. The maximum Gasteiger partial charge on any atom is 0.407 e. The molecule has 1 unspecified atom stereocenters. The molecule has 1 atom stereocenters. The molecule has 1 amide bonds. The van der Waals surface area contributed by atoms with Crippen molar-refractivity contribution in [1.82, 2.24) is 15.3 Å². The SMILES string of the molecule is CC(C)(C)OC(=O)NCC1CCCN(c2cc(N3CCCC3)ncn2)C1. The summed E-state index contributed by atoms with van der Waals surface area (Å²) in [4.78, 5) is 25.4.